The zero-order chi connectivity index (χ0) is 23.5. The second kappa shape index (κ2) is 12.5. The number of carbonyl (C=O) groups excluding carboxylic acids is 3. The second-order valence-corrected chi connectivity index (χ2v) is 7.60. The van der Waals surface area contributed by atoms with Crippen LogP contribution in [0.2, 0.25) is 0 Å². The van der Waals surface area contributed by atoms with E-state index in [-0.39, 0.29) is 18.8 Å². The summed E-state index contributed by atoms with van der Waals surface area (Å²) in [6.07, 6.45) is 1.46. The average molecular weight is 456 g/mol. The normalized spacial score (nSPS) is 10.8. The van der Waals surface area contributed by atoms with E-state index in [0.29, 0.717) is 11.3 Å². The van der Waals surface area contributed by atoms with E-state index in [0.717, 1.165) is 15.4 Å². The SMILES string of the molecule is CCOC(=O)C(=Cc1ccc(Sc2ccc(/C(C)=N/OC(C)=O)cc2)cc1)C(=O)OCC. The minimum atomic E-state index is -0.711. The summed E-state index contributed by atoms with van der Waals surface area (Å²) < 4.78 is 9.91. The third kappa shape index (κ3) is 7.70. The van der Waals surface area contributed by atoms with E-state index in [1.165, 1.54) is 13.0 Å². The van der Waals surface area contributed by atoms with Crippen molar-refractivity contribution in [3.63, 3.8) is 0 Å². The molecule has 8 heteroatoms. The van der Waals surface area contributed by atoms with Crippen molar-refractivity contribution in [2.24, 2.45) is 5.16 Å². The van der Waals surface area contributed by atoms with Crippen molar-refractivity contribution in [2.75, 3.05) is 13.2 Å². The molecule has 0 saturated heterocycles. The molecular weight excluding hydrogens is 430 g/mol. The third-order valence-electron chi connectivity index (χ3n) is 4.00. The number of oxime groups is 1. The fraction of sp³-hybridized carbons (Fsp3) is 0.250. The fourth-order valence-electron chi connectivity index (χ4n) is 2.50. The molecule has 0 aliphatic heterocycles. The highest BCUT2D eigenvalue weighted by Crippen LogP contribution is 2.28. The van der Waals surface area contributed by atoms with Gasteiger partial charge in [-0.25, -0.2) is 14.4 Å². The Morgan fingerprint density at radius 1 is 0.844 bits per heavy atom. The molecule has 0 aromatic heterocycles. The van der Waals surface area contributed by atoms with E-state index in [1.54, 1.807) is 32.5 Å². The van der Waals surface area contributed by atoms with Crippen LogP contribution in [0.5, 0.6) is 0 Å². The number of carbonyl (C=O) groups is 3. The summed E-state index contributed by atoms with van der Waals surface area (Å²) in [6, 6.07) is 15.1. The van der Waals surface area contributed by atoms with Crippen molar-refractivity contribution in [2.45, 2.75) is 37.5 Å². The minimum Gasteiger partial charge on any atom is -0.462 e. The van der Waals surface area contributed by atoms with E-state index in [4.69, 9.17) is 9.47 Å². The van der Waals surface area contributed by atoms with Crippen molar-refractivity contribution in [3.8, 4) is 0 Å². The van der Waals surface area contributed by atoms with Crippen LogP contribution in [0.3, 0.4) is 0 Å². The first kappa shape index (κ1) is 24.9. The number of hydrogen-bond donors (Lipinski definition) is 0. The maximum absolute atomic E-state index is 12.1. The molecule has 0 aliphatic rings. The van der Waals surface area contributed by atoms with Gasteiger partial charge in [0, 0.05) is 16.7 Å². The van der Waals surface area contributed by atoms with Crippen molar-refractivity contribution >= 4 is 41.5 Å². The molecule has 0 saturated carbocycles. The molecular formula is C24H25NO6S. The van der Waals surface area contributed by atoms with Crippen LogP contribution in [0.1, 0.15) is 38.8 Å². The van der Waals surface area contributed by atoms with Gasteiger partial charge in [-0.1, -0.05) is 41.2 Å². The Bertz CT molecular complexity index is 990. The first-order valence-electron chi connectivity index (χ1n) is 10.0. The number of nitrogens with zero attached hydrogens (tertiary/aromatic N) is 1. The fourth-order valence-corrected chi connectivity index (χ4v) is 3.32. The molecule has 0 N–H and O–H groups in total. The van der Waals surface area contributed by atoms with E-state index in [9.17, 15) is 14.4 Å². The van der Waals surface area contributed by atoms with Gasteiger partial charge in [0.15, 0.2) is 0 Å². The standard InChI is InChI=1S/C24H25NO6S/c1-5-29-23(27)22(24(28)30-6-2)15-18-7-11-20(12-8-18)32-21-13-9-19(10-14-21)16(3)25-31-17(4)26/h7-15H,5-6H2,1-4H3/b25-16+. The van der Waals surface area contributed by atoms with Crippen molar-refractivity contribution in [1.82, 2.24) is 0 Å². The van der Waals surface area contributed by atoms with E-state index in [2.05, 4.69) is 9.99 Å². The Morgan fingerprint density at radius 3 is 1.81 bits per heavy atom. The molecule has 168 valence electrons. The van der Waals surface area contributed by atoms with Crippen LogP contribution in [-0.2, 0) is 28.7 Å². The van der Waals surface area contributed by atoms with Crippen LogP contribution in [-0.4, -0.2) is 36.8 Å². The van der Waals surface area contributed by atoms with Crippen LogP contribution >= 0.6 is 11.8 Å². The largest absolute Gasteiger partial charge is 0.462 e. The highest BCUT2D eigenvalue weighted by molar-refractivity contribution is 7.99. The van der Waals surface area contributed by atoms with E-state index < -0.39 is 17.9 Å². The maximum atomic E-state index is 12.1. The number of ether oxygens (including phenoxy) is 2. The molecule has 2 aromatic rings. The molecule has 0 amide bonds. The number of rotatable bonds is 9. The molecule has 0 aliphatic carbocycles. The molecule has 2 rings (SSSR count). The topological polar surface area (TPSA) is 91.3 Å². The molecule has 0 bridgehead atoms. The summed E-state index contributed by atoms with van der Waals surface area (Å²) in [5.41, 5.74) is 1.99. The lowest BCUT2D eigenvalue weighted by atomic mass is 10.1. The van der Waals surface area contributed by atoms with Gasteiger partial charge in [0.05, 0.1) is 18.9 Å². The molecule has 0 atom stereocenters. The quantitative estimate of drug-likeness (QED) is 0.103. The highest BCUT2D eigenvalue weighted by Gasteiger charge is 2.20. The van der Waals surface area contributed by atoms with Crippen LogP contribution in [0.25, 0.3) is 6.08 Å². The van der Waals surface area contributed by atoms with Crippen LogP contribution in [0, 0.1) is 0 Å². The molecule has 0 spiro atoms. The summed E-state index contributed by atoms with van der Waals surface area (Å²) >= 11 is 1.55. The van der Waals surface area contributed by atoms with E-state index >= 15 is 0 Å². The van der Waals surface area contributed by atoms with Crippen LogP contribution in [0.15, 0.2) is 69.1 Å². The Balaban J connectivity index is 2.12. The first-order chi connectivity index (χ1) is 15.3. The van der Waals surface area contributed by atoms with Crippen LogP contribution < -0.4 is 0 Å². The molecule has 0 radical (unpaired) electrons. The van der Waals surface area contributed by atoms with Gasteiger partial charge in [-0.05, 0) is 62.2 Å². The van der Waals surface area contributed by atoms with Gasteiger partial charge in [0.1, 0.15) is 5.57 Å². The number of esters is 2. The van der Waals surface area contributed by atoms with Crippen molar-refractivity contribution < 1.29 is 28.7 Å². The van der Waals surface area contributed by atoms with Gasteiger partial charge in [-0.3, -0.25) is 0 Å². The first-order valence-corrected chi connectivity index (χ1v) is 10.8. The van der Waals surface area contributed by atoms with Gasteiger partial charge in [-0.15, -0.1) is 0 Å². The molecule has 0 fully saturated rings. The number of benzene rings is 2. The van der Waals surface area contributed by atoms with Gasteiger partial charge in [0.25, 0.3) is 0 Å². The Kier molecular flexibility index (Phi) is 9.69. The zero-order valence-corrected chi connectivity index (χ0v) is 19.2. The van der Waals surface area contributed by atoms with Crippen molar-refractivity contribution in [3.05, 3.63) is 65.2 Å². The predicted octanol–water partition coefficient (Wildman–Crippen LogP) is 4.63. The second-order valence-electron chi connectivity index (χ2n) is 6.45. The minimum absolute atomic E-state index is 0.143. The van der Waals surface area contributed by atoms with Gasteiger partial charge in [-0.2, -0.15) is 0 Å². The molecule has 32 heavy (non-hydrogen) atoms. The highest BCUT2D eigenvalue weighted by atomic mass is 32.2. The Morgan fingerprint density at radius 2 is 1.34 bits per heavy atom. The summed E-state index contributed by atoms with van der Waals surface area (Å²) in [7, 11) is 0. The van der Waals surface area contributed by atoms with Gasteiger partial charge >= 0.3 is 17.9 Å². The average Bonchev–Trinajstić information content (AvgIpc) is 2.77. The lowest BCUT2D eigenvalue weighted by Crippen LogP contribution is -2.18. The van der Waals surface area contributed by atoms with Gasteiger partial charge in [0.2, 0.25) is 0 Å². The monoisotopic (exact) mass is 455 g/mol. The summed E-state index contributed by atoms with van der Waals surface area (Å²) in [4.78, 5) is 41.7. The summed E-state index contributed by atoms with van der Waals surface area (Å²) in [5.74, 6) is -1.89. The van der Waals surface area contributed by atoms with Crippen molar-refractivity contribution in [1.29, 1.82) is 0 Å². The van der Waals surface area contributed by atoms with E-state index in [1.807, 2.05) is 48.5 Å². The third-order valence-corrected chi connectivity index (χ3v) is 5.02. The predicted molar refractivity (Wildman–Crippen MR) is 122 cm³/mol. The van der Waals surface area contributed by atoms with Gasteiger partial charge < -0.3 is 14.3 Å². The maximum Gasteiger partial charge on any atom is 0.345 e. The lowest BCUT2D eigenvalue weighted by molar-refractivity contribution is -0.146. The molecule has 0 unspecified atom stereocenters. The summed E-state index contributed by atoms with van der Waals surface area (Å²) in [5, 5.41) is 3.78. The number of hydrogen-bond acceptors (Lipinski definition) is 8. The lowest BCUT2D eigenvalue weighted by Gasteiger charge is -2.07. The van der Waals surface area contributed by atoms with Crippen LogP contribution in [0.4, 0.5) is 0 Å². The molecule has 7 nitrogen and oxygen atoms in total. The smallest absolute Gasteiger partial charge is 0.345 e. The zero-order valence-electron chi connectivity index (χ0n) is 18.4. The Labute approximate surface area is 191 Å². The molecule has 0 heterocycles. The summed E-state index contributed by atoms with van der Waals surface area (Å²) in [6.45, 7) is 6.74. The Hall–Kier alpha value is -3.39. The molecule has 2 aromatic carbocycles.